The smallest absolute Gasteiger partial charge is 0.211 e. The summed E-state index contributed by atoms with van der Waals surface area (Å²) in [5.74, 6) is -0.124. The zero-order valence-corrected chi connectivity index (χ0v) is 5.53. The number of nitrogens with zero attached hydrogens (tertiary/aromatic N) is 1. The van der Waals surface area contributed by atoms with Crippen LogP contribution in [0.2, 0.25) is 0 Å². The van der Waals surface area contributed by atoms with E-state index in [0.717, 1.165) is 12.4 Å². The molecule has 0 saturated heterocycles. The zero-order chi connectivity index (χ0) is 7.82. The predicted molar refractivity (Wildman–Crippen MR) is 37.5 cm³/mol. The van der Waals surface area contributed by atoms with E-state index >= 15 is 0 Å². The minimum Gasteiger partial charge on any atom is -0.505 e. The van der Waals surface area contributed by atoms with Crippen LogP contribution in [0.5, 0.6) is 0 Å². The zero-order valence-electron chi connectivity index (χ0n) is 5.53. The Bertz CT molecular complexity index is 153. The molecule has 10 heavy (non-hydrogen) atoms. The number of aliphatic hydroxyl groups excluding tert-OH is 1. The Morgan fingerprint density at radius 2 is 2.40 bits per heavy atom. The Hall–Kier alpha value is -1.52. The van der Waals surface area contributed by atoms with Gasteiger partial charge in [-0.2, -0.15) is 5.10 Å². The average molecular weight is 143 g/mol. The molecule has 0 aromatic carbocycles. The van der Waals surface area contributed by atoms with Gasteiger partial charge in [0, 0.05) is 13.2 Å². The number of hydrogen-bond acceptors (Lipinski definition) is 4. The molecule has 0 aliphatic carbocycles. The molecule has 0 rings (SSSR count). The SMILES string of the molecule is CNN=CC(O)=CNC=O. The fourth-order valence-electron chi connectivity index (χ4n) is 0.287. The number of rotatable bonds is 4. The number of hydrogen-bond donors (Lipinski definition) is 3. The van der Waals surface area contributed by atoms with Crippen molar-refractivity contribution in [2.75, 3.05) is 7.05 Å². The minimum absolute atomic E-state index is 0.124. The van der Waals surface area contributed by atoms with Crippen LogP contribution in [-0.2, 0) is 4.79 Å². The van der Waals surface area contributed by atoms with E-state index in [-0.39, 0.29) is 5.76 Å². The summed E-state index contributed by atoms with van der Waals surface area (Å²) in [6.07, 6.45) is 2.73. The molecule has 0 bridgehead atoms. The van der Waals surface area contributed by atoms with Gasteiger partial charge >= 0.3 is 0 Å². The lowest BCUT2D eigenvalue weighted by atomic mass is 10.6. The van der Waals surface area contributed by atoms with Crippen molar-refractivity contribution in [3.63, 3.8) is 0 Å². The van der Waals surface area contributed by atoms with Gasteiger partial charge in [0.05, 0.1) is 6.21 Å². The van der Waals surface area contributed by atoms with Crippen molar-refractivity contribution in [3.05, 3.63) is 12.0 Å². The highest BCUT2D eigenvalue weighted by Crippen LogP contribution is 1.76. The second-order valence-corrected chi connectivity index (χ2v) is 1.34. The molecule has 0 aromatic rings. The first-order valence-corrected chi connectivity index (χ1v) is 2.60. The Labute approximate surface area is 58.4 Å². The predicted octanol–water partition coefficient (Wildman–Crippen LogP) is -0.663. The summed E-state index contributed by atoms with van der Waals surface area (Å²) in [5.41, 5.74) is 2.43. The van der Waals surface area contributed by atoms with Gasteiger partial charge in [-0.1, -0.05) is 0 Å². The summed E-state index contributed by atoms with van der Waals surface area (Å²) in [5, 5.41) is 14.4. The maximum atomic E-state index is 9.66. The van der Waals surface area contributed by atoms with Crippen molar-refractivity contribution in [2.24, 2.45) is 5.10 Å². The van der Waals surface area contributed by atoms with E-state index in [4.69, 9.17) is 5.11 Å². The molecule has 0 saturated carbocycles. The van der Waals surface area contributed by atoms with Gasteiger partial charge in [-0.05, 0) is 0 Å². The molecule has 0 atom stereocenters. The second-order valence-electron chi connectivity index (χ2n) is 1.34. The van der Waals surface area contributed by atoms with Crippen LogP contribution in [0.3, 0.4) is 0 Å². The summed E-state index contributed by atoms with van der Waals surface area (Å²) in [7, 11) is 1.59. The third-order valence-corrected chi connectivity index (χ3v) is 0.625. The van der Waals surface area contributed by atoms with Gasteiger partial charge in [0.1, 0.15) is 0 Å². The summed E-state index contributed by atoms with van der Waals surface area (Å²) < 4.78 is 0. The van der Waals surface area contributed by atoms with Crippen molar-refractivity contribution < 1.29 is 9.90 Å². The molecule has 0 aromatic heterocycles. The lowest BCUT2D eigenvalue weighted by Gasteiger charge is -1.88. The van der Waals surface area contributed by atoms with Gasteiger partial charge in [-0.25, -0.2) is 0 Å². The molecule has 0 aliphatic rings. The number of amides is 1. The van der Waals surface area contributed by atoms with Crippen LogP contribution >= 0.6 is 0 Å². The number of aliphatic hydroxyl groups is 1. The average Bonchev–Trinajstić information content (AvgIpc) is 1.97. The monoisotopic (exact) mass is 143 g/mol. The third kappa shape index (κ3) is 4.63. The van der Waals surface area contributed by atoms with Crippen LogP contribution in [0.15, 0.2) is 17.1 Å². The number of nitrogens with one attached hydrogen (secondary N) is 2. The van der Waals surface area contributed by atoms with E-state index in [1.165, 1.54) is 0 Å². The molecular formula is C5H9N3O2. The highest BCUT2D eigenvalue weighted by atomic mass is 16.3. The quantitative estimate of drug-likeness (QED) is 0.211. The molecular weight excluding hydrogens is 134 g/mol. The standard InChI is InChI=1S/C5H9N3O2/c1-6-8-3-5(10)2-7-4-9/h2-4,6,10H,1H3,(H,7,9). The van der Waals surface area contributed by atoms with E-state index in [0.29, 0.717) is 6.41 Å². The van der Waals surface area contributed by atoms with Crippen LogP contribution < -0.4 is 10.7 Å². The summed E-state index contributed by atoms with van der Waals surface area (Å²) in [4.78, 5) is 9.66. The minimum atomic E-state index is -0.124. The van der Waals surface area contributed by atoms with E-state index in [1.54, 1.807) is 7.05 Å². The highest BCUT2D eigenvalue weighted by Gasteiger charge is 1.81. The normalized spacial score (nSPS) is 11.5. The molecule has 0 aliphatic heterocycles. The van der Waals surface area contributed by atoms with Gasteiger partial charge in [-0.3, -0.25) is 4.79 Å². The number of hydrazone groups is 1. The maximum absolute atomic E-state index is 9.66. The number of carbonyl (C=O) groups excluding carboxylic acids is 1. The summed E-state index contributed by atoms with van der Waals surface area (Å²) in [6.45, 7) is 0. The van der Waals surface area contributed by atoms with Crippen LogP contribution in [0.4, 0.5) is 0 Å². The number of carbonyl (C=O) groups is 1. The topological polar surface area (TPSA) is 73.7 Å². The fraction of sp³-hybridized carbons (Fsp3) is 0.200. The van der Waals surface area contributed by atoms with Crippen LogP contribution in [-0.4, -0.2) is 24.8 Å². The van der Waals surface area contributed by atoms with Crippen molar-refractivity contribution >= 4 is 12.6 Å². The van der Waals surface area contributed by atoms with E-state index in [1.807, 2.05) is 0 Å². The third-order valence-electron chi connectivity index (χ3n) is 0.625. The molecule has 1 amide bonds. The van der Waals surface area contributed by atoms with Gasteiger partial charge in [0.2, 0.25) is 6.41 Å². The summed E-state index contributed by atoms with van der Waals surface area (Å²) >= 11 is 0. The summed E-state index contributed by atoms with van der Waals surface area (Å²) in [6, 6.07) is 0. The van der Waals surface area contributed by atoms with Crippen molar-refractivity contribution in [1.82, 2.24) is 10.7 Å². The van der Waals surface area contributed by atoms with Gasteiger partial charge in [0.15, 0.2) is 5.76 Å². The molecule has 3 N–H and O–H groups in total. The van der Waals surface area contributed by atoms with Gasteiger partial charge in [0.25, 0.3) is 0 Å². The van der Waals surface area contributed by atoms with E-state index in [9.17, 15) is 4.79 Å². The number of allylic oxidation sites excluding steroid dienone is 1. The van der Waals surface area contributed by atoms with E-state index in [2.05, 4.69) is 15.8 Å². The van der Waals surface area contributed by atoms with Crippen LogP contribution in [0, 0.1) is 0 Å². The lowest BCUT2D eigenvalue weighted by molar-refractivity contribution is -0.108. The molecule has 0 heterocycles. The molecule has 0 unspecified atom stereocenters. The van der Waals surface area contributed by atoms with Crippen molar-refractivity contribution in [1.29, 1.82) is 0 Å². The molecule has 0 radical (unpaired) electrons. The van der Waals surface area contributed by atoms with Gasteiger partial charge in [-0.15, -0.1) is 0 Å². The Balaban J connectivity index is 3.69. The Morgan fingerprint density at radius 1 is 1.70 bits per heavy atom. The Morgan fingerprint density at radius 3 is 2.90 bits per heavy atom. The molecule has 56 valence electrons. The first-order chi connectivity index (χ1) is 4.81. The van der Waals surface area contributed by atoms with Crippen molar-refractivity contribution in [2.45, 2.75) is 0 Å². The lowest BCUT2D eigenvalue weighted by Crippen LogP contribution is -2.03. The molecule has 5 heteroatoms. The highest BCUT2D eigenvalue weighted by molar-refractivity contribution is 5.75. The largest absolute Gasteiger partial charge is 0.505 e. The molecule has 5 nitrogen and oxygen atoms in total. The fourth-order valence-corrected chi connectivity index (χ4v) is 0.287. The molecule has 0 fully saturated rings. The molecule has 0 spiro atoms. The van der Waals surface area contributed by atoms with Crippen LogP contribution in [0.1, 0.15) is 0 Å². The van der Waals surface area contributed by atoms with Crippen LogP contribution in [0.25, 0.3) is 0 Å². The maximum Gasteiger partial charge on any atom is 0.211 e. The van der Waals surface area contributed by atoms with E-state index < -0.39 is 0 Å². The second kappa shape index (κ2) is 5.61. The van der Waals surface area contributed by atoms with Crippen molar-refractivity contribution in [3.8, 4) is 0 Å². The first-order valence-electron chi connectivity index (χ1n) is 2.60. The van der Waals surface area contributed by atoms with Gasteiger partial charge < -0.3 is 15.8 Å². The first kappa shape index (κ1) is 8.48. The Kier molecular flexibility index (Phi) is 4.76.